The highest BCUT2D eigenvalue weighted by atomic mass is 16.8. The molecule has 0 radical (unpaired) electrons. The maximum atomic E-state index is 12.9. The molecule has 0 aliphatic carbocycles. The molecule has 5 rings (SSSR count). The molecule has 0 spiro atoms. The van der Waals surface area contributed by atoms with Gasteiger partial charge in [-0.05, 0) is 44.4 Å². The van der Waals surface area contributed by atoms with Gasteiger partial charge >= 0.3 is 0 Å². The van der Waals surface area contributed by atoms with Crippen LogP contribution in [-0.4, -0.2) is 71.9 Å². The summed E-state index contributed by atoms with van der Waals surface area (Å²) in [6.45, 7) is 8.67. The van der Waals surface area contributed by atoms with Gasteiger partial charge in [-0.15, -0.1) is 0 Å². The predicted molar refractivity (Wildman–Crippen MR) is 152 cm³/mol. The molecule has 2 aliphatic heterocycles. The number of hydrogen-bond donors (Lipinski definition) is 1. The maximum Gasteiger partial charge on any atom is 0.254 e. The first-order valence-electron chi connectivity index (χ1n) is 14.1. The zero-order valence-electron chi connectivity index (χ0n) is 23.6. The molecule has 5 atom stereocenters. The third-order valence-electron chi connectivity index (χ3n) is 7.72. The Bertz CT molecular complexity index is 1150. The van der Waals surface area contributed by atoms with Crippen LogP contribution in [0.5, 0.6) is 0 Å². The van der Waals surface area contributed by atoms with Gasteiger partial charge in [-0.2, -0.15) is 0 Å². The normalized spacial score (nSPS) is 24.4. The summed E-state index contributed by atoms with van der Waals surface area (Å²) in [5, 5.41) is 11.6. The van der Waals surface area contributed by atoms with E-state index in [2.05, 4.69) is 0 Å². The van der Waals surface area contributed by atoms with Crippen LogP contribution in [0.25, 0.3) is 0 Å². The van der Waals surface area contributed by atoms with Crippen molar-refractivity contribution in [3.63, 3.8) is 0 Å². The number of epoxide rings is 1. The Balaban J connectivity index is 1.43. The molecule has 7 nitrogen and oxygen atoms in total. The summed E-state index contributed by atoms with van der Waals surface area (Å²) in [5.74, 6) is -1.01. The third-order valence-corrected chi connectivity index (χ3v) is 7.72. The van der Waals surface area contributed by atoms with Crippen LogP contribution in [-0.2, 0) is 29.3 Å². The molecule has 2 aliphatic rings. The van der Waals surface area contributed by atoms with Crippen LogP contribution in [0.15, 0.2) is 91.0 Å². The average Bonchev–Trinajstić information content (AvgIpc) is 3.71. The van der Waals surface area contributed by atoms with E-state index in [9.17, 15) is 9.90 Å². The van der Waals surface area contributed by atoms with E-state index in [4.69, 9.17) is 18.9 Å². The lowest BCUT2D eigenvalue weighted by atomic mass is 9.80. The number of ether oxygens (including phenoxy) is 4. The second-order valence-electron chi connectivity index (χ2n) is 10.8. The van der Waals surface area contributed by atoms with Gasteiger partial charge in [0.1, 0.15) is 30.0 Å². The monoisotopic (exact) mass is 545 g/mol. The molecule has 0 saturated carbocycles. The van der Waals surface area contributed by atoms with E-state index in [0.29, 0.717) is 13.1 Å². The van der Waals surface area contributed by atoms with Crippen LogP contribution in [0, 0.1) is 0 Å². The molecule has 0 aromatic heterocycles. The van der Waals surface area contributed by atoms with Crippen molar-refractivity contribution in [1.82, 2.24) is 4.90 Å². The van der Waals surface area contributed by atoms with Crippen LogP contribution in [0.1, 0.15) is 44.4 Å². The van der Waals surface area contributed by atoms with Gasteiger partial charge in [-0.1, -0.05) is 91.0 Å². The average molecular weight is 546 g/mol. The summed E-state index contributed by atoms with van der Waals surface area (Å²) in [7, 11) is 0. The Labute approximate surface area is 236 Å². The molecule has 1 amide bonds. The first kappa shape index (κ1) is 28.5. The highest BCUT2D eigenvalue weighted by molar-refractivity contribution is 5.84. The highest BCUT2D eigenvalue weighted by Gasteiger charge is 2.60. The van der Waals surface area contributed by atoms with E-state index in [1.165, 1.54) is 0 Å². The standard InChI is InChI=1S/C33H39NO6/c1-5-34(6-2)31(36)30-28(38-30)29-27(39-32(3,4)40-29)26(35)22-37-33(23-16-10-7-11-17-23,24-18-12-8-13-19-24)25-20-14-9-15-21-25/h7-21,26-30,35H,5-6,22H2,1-4H3/t26-,27-,28-,29-,30+/m1/s1. The molecule has 1 N–H and O–H groups in total. The maximum absolute atomic E-state index is 12.9. The Morgan fingerprint density at radius 2 is 1.32 bits per heavy atom. The molecule has 0 unspecified atom stereocenters. The van der Waals surface area contributed by atoms with E-state index >= 15 is 0 Å². The van der Waals surface area contributed by atoms with Crippen LogP contribution in [0.4, 0.5) is 0 Å². The number of hydrogen-bond acceptors (Lipinski definition) is 6. The van der Waals surface area contributed by atoms with Crippen molar-refractivity contribution in [1.29, 1.82) is 0 Å². The topological polar surface area (TPSA) is 80.8 Å². The molecule has 3 aromatic rings. The third kappa shape index (κ3) is 5.57. The van der Waals surface area contributed by atoms with E-state index < -0.39 is 41.9 Å². The molecule has 0 bridgehead atoms. The molecule has 2 heterocycles. The molecular weight excluding hydrogens is 506 g/mol. The number of carbonyl (C=O) groups excluding carboxylic acids is 1. The SMILES string of the molecule is CCN(CC)C(=O)[C@H]1O[C@@H]1[C@@H]1OC(C)(C)O[C@@H]1[C@H](O)COC(c1ccccc1)(c1ccccc1)c1ccccc1. The van der Waals surface area contributed by atoms with Gasteiger partial charge in [0.25, 0.3) is 5.91 Å². The molecular formula is C33H39NO6. The van der Waals surface area contributed by atoms with E-state index in [-0.39, 0.29) is 12.5 Å². The molecule has 212 valence electrons. The Morgan fingerprint density at radius 3 is 1.77 bits per heavy atom. The minimum atomic E-state index is -1.05. The van der Waals surface area contributed by atoms with Crippen molar-refractivity contribution in [2.24, 2.45) is 0 Å². The fourth-order valence-electron chi connectivity index (χ4n) is 5.73. The van der Waals surface area contributed by atoms with Crippen molar-refractivity contribution in [2.45, 2.75) is 69.6 Å². The van der Waals surface area contributed by atoms with Crippen LogP contribution >= 0.6 is 0 Å². The summed E-state index contributed by atoms with van der Waals surface area (Å²) < 4.78 is 25.0. The highest BCUT2D eigenvalue weighted by Crippen LogP contribution is 2.43. The smallest absolute Gasteiger partial charge is 0.254 e. The number of nitrogens with zero attached hydrogens (tertiary/aromatic N) is 1. The predicted octanol–water partition coefficient (Wildman–Crippen LogP) is 4.51. The Hall–Kier alpha value is -3.07. The number of likely N-dealkylation sites (N-methyl/N-ethyl adjacent to an activating group) is 1. The molecule has 3 aromatic carbocycles. The minimum absolute atomic E-state index is 0.0410. The molecule has 2 saturated heterocycles. The van der Waals surface area contributed by atoms with Crippen molar-refractivity contribution in [3.8, 4) is 0 Å². The summed E-state index contributed by atoms with van der Waals surface area (Å²) in [5.41, 5.74) is 1.84. The van der Waals surface area contributed by atoms with Crippen molar-refractivity contribution in [3.05, 3.63) is 108 Å². The van der Waals surface area contributed by atoms with E-state index in [0.717, 1.165) is 16.7 Å². The van der Waals surface area contributed by atoms with Gasteiger partial charge < -0.3 is 29.0 Å². The van der Waals surface area contributed by atoms with Gasteiger partial charge in [0.05, 0.1) is 6.61 Å². The summed E-state index contributed by atoms with van der Waals surface area (Å²) >= 11 is 0. The Morgan fingerprint density at radius 1 is 0.850 bits per heavy atom. The fraction of sp³-hybridized carbons (Fsp3) is 0.424. The second kappa shape index (κ2) is 11.8. The van der Waals surface area contributed by atoms with Crippen molar-refractivity contribution in [2.75, 3.05) is 19.7 Å². The number of benzene rings is 3. The summed E-state index contributed by atoms with van der Waals surface area (Å²) in [4.78, 5) is 14.7. The molecule has 7 heteroatoms. The lowest BCUT2D eigenvalue weighted by Gasteiger charge is -2.37. The first-order valence-corrected chi connectivity index (χ1v) is 14.1. The number of aliphatic hydroxyl groups excluding tert-OH is 1. The number of amides is 1. The lowest BCUT2D eigenvalue weighted by molar-refractivity contribution is -0.162. The largest absolute Gasteiger partial charge is 0.388 e. The number of rotatable bonds is 11. The van der Waals surface area contributed by atoms with Gasteiger partial charge in [-0.25, -0.2) is 0 Å². The Kier molecular flexibility index (Phi) is 8.40. The summed E-state index contributed by atoms with van der Waals surface area (Å²) in [6.07, 6.45) is -3.49. The van der Waals surface area contributed by atoms with Gasteiger partial charge in [0.15, 0.2) is 11.9 Å². The van der Waals surface area contributed by atoms with E-state index in [1.54, 1.807) is 18.7 Å². The summed E-state index contributed by atoms with van der Waals surface area (Å²) in [6, 6.07) is 30.1. The number of carbonyl (C=O) groups is 1. The zero-order valence-corrected chi connectivity index (χ0v) is 23.6. The van der Waals surface area contributed by atoms with Crippen LogP contribution in [0.2, 0.25) is 0 Å². The fourth-order valence-corrected chi connectivity index (χ4v) is 5.73. The van der Waals surface area contributed by atoms with Gasteiger partial charge in [0.2, 0.25) is 0 Å². The van der Waals surface area contributed by atoms with Gasteiger partial charge in [-0.3, -0.25) is 4.79 Å². The van der Waals surface area contributed by atoms with Crippen molar-refractivity contribution >= 4 is 5.91 Å². The van der Waals surface area contributed by atoms with Crippen LogP contribution in [0.3, 0.4) is 0 Å². The first-order chi connectivity index (χ1) is 19.3. The minimum Gasteiger partial charge on any atom is -0.388 e. The quantitative estimate of drug-likeness (QED) is 0.282. The zero-order chi connectivity index (χ0) is 28.3. The van der Waals surface area contributed by atoms with Crippen molar-refractivity contribution < 1.29 is 28.8 Å². The number of aliphatic hydroxyl groups is 1. The molecule has 40 heavy (non-hydrogen) atoms. The second-order valence-corrected chi connectivity index (χ2v) is 10.8. The van der Waals surface area contributed by atoms with E-state index in [1.807, 2.05) is 105 Å². The van der Waals surface area contributed by atoms with Gasteiger partial charge in [0, 0.05) is 13.1 Å². The molecule has 2 fully saturated rings. The lowest BCUT2D eigenvalue weighted by Crippen LogP contribution is -2.45. The van der Waals surface area contributed by atoms with Crippen LogP contribution < -0.4 is 0 Å².